The summed E-state index contributed by atoms with van der Waals surface area (Å²) in [5.41, 5.74) is -0.637. The van der Waals surface area contributed by atoms with Gasteiger partial charge in [0.2, 0.25) is 0 Å². The Morgan fingerprint density at radius 3 is 2.44 bits per heavy atom. The zero-order valence-electron chi connectivity index (χ0n) is 7.65. The molecule has 1 nitrogen and oxygen atoms in total. The fourth-order valence-corrected chi connectivity index (χ4v) is 1.51. The standard InChI is InChI=1S/C9H6BrClF4O/c10-5-1-2-6(12)4(8(5)13)3-7(16)9(11,14)15/h1-2,7,16H,3H2. The second-order valence-electron chi connectivity index (χ2n) is 3.08. The molecule has 7 heteroatoms. The molecule has 0 radical (unpaired) electrons. The summed E-state index contributed by atoms with van der Waals surface area (Å²) in [5.74, 6) is -2.04. The molecule has 90 valence electrons. The van der Waals surface area contributed by atoms with Gasteiger partial charge in [-0.15, -0.1) is 0 Å². The summed E-state index contributed by atoms with van der Waals surface area (Å²) in [6.45, 7) is 0. The Morgan fingerprint density at radius 1 is 1.38 bits per heavy atom. The van der Waals surface area contributed by atoms with E-state index in [1.165, 1.54) is 0 Å². The van der Waals surface area contributed by atoms with Crippen molar-refractivity contribution in [2.45, 2.75) is 17.9 Å². The van der Waals surface area contributed by atoms with Crippen LogP contribution in [0.3, 0.4) is 0 Å². The van der Waals surface area contributed by atoms with E-state index in [9.17, 15) is 17.6 Å². The smallest absolute Gasteiger partial charge is 0.347 e. The van der Waals surface area contributed by atoms with Crippen molar-refractivity contribution in [2.75, 3.05) is 0 Å². The van der Waals surface area contributed by atoms with E-state index in [1.54, 1.807) is 0 Å². The molecule has 1 aromatic carbocycles. The van der Waals surface area contributed by atoms with Crippen molar-refractivity contribution < 1.29 is 22.7 Å². The van der Waals surface area contributed by atoms with Crippen LogP contribution in [0.2, 0.25) is 0 Å². The fraction of sp³-hybridized carbons (Fsp3) is 0.333. The van der Waals surface area contributed by atoms with Crippen molar-refractivity contribution in [1.82, 2.24) is 0 Å². The summed E-state index contributed by atoms with van der Waals surface area (Å²) in [4.78, 5) is 0. The van der Waals surface area contributed by atoms with Crippen molar-refractivity contribution in [3.8, 4) is 0 Å². The minimum absolute atomic E-state index is 0.0750. The zero-order valence-corrected chi connectivity index (χ0v) is 10.00. The van der Waals surface area contributed by atoms with Crippen molar-refractivity contribution in [1.29, 1.82) is 0 Å². The van der Waals surface area contributed by atoms with Gasteiger partial charge in [-0.3, -0.25) is 0 Å². The highest BCUT2D eigenvalue weighted by Crippen LogP contribution is 2.29. The molecule has 1 rings (SSSR count). The molecular weight excluding hydrogens is 315 g/mol. The maximum Gasteiger partial charge on any atom is 0.347 e. The first-order valence-electron chi connectivity index (χ1n) is 4.10. The maximum atomic E-state index is 13.3. The van der Waals surface area contributed by atoms with Crippen LogP contribution in [-0.4, -0.2) is 16.6 Å². The van der Waals surface area contributed by atoms with Crippen LogP contribution in [0.1, 0.15) is 5.56 Å². The molecule has 0 saturated carbocycles. The average Bonchev–Trinajstić information content (AvgIpc) is 2.17. The molecule has 0 heterocycles. The quantitative estimate of drug-likeness (QED) is 0.513. The number of rotatable bonds is 3. The number of alkyl halides is 3. The Labute approximate surface area is 102 Å². The number of aliphatic hydroxyl groups excluding tert-OH is 1. The van der Waals surface area contributed by atoms with Crippen LogP contribution < -0.4 is 0 Å². The lowest BCUT2D eigenvalue weighted by Crippen LogP contribution is -2.30. The third-order valence-electron chi connectivity index (χ3n) is 1.91. The summed E-state index contributed by atoms with van der Waals surface area (Å²) in [7, 11) is 0. The fourth-order valence-electron chi connectivity index (χ4n) is 1.07. The molecule has 0 fully saturated rings. The van der Waals surface area contributed by atoms with Gasteiger partial charge in [0.1, 0.15) is 17.7 Å². The monoisotopic (exact) mass is 320 g/mol. The summed E-state index contributed by atoms with van der Waals surface area (Å²) < 4.78 is 51.2. The lowest BCUT2D eigenvalue weighted by Gasteiger charge is -2.16. The molecule has 0 aliphatic heterocycles. The van der Waals surface area contributed by atoms with Crippen molar-refractivity contribution in [3.05, 3.63) is 33.8 Å². The van der Waals surface area contributed by atoms with Crippen molar-refractivity contribution >= 4 is 27.5 Å². The molecule has 0 amide bonds. The highest BCUT2D eigenvalue weighted by Gasteiger charge is 2.36. The molecule has 0 aliphatic carbocycles. The Kier molecular flexibility index (Phi) is 4.20. The predicted molar refractivity (Wildman–Crippen MR) is 54.6 cm³/mol. The minimum atomic E-state index is -3.93. The van der Waals surface area contributed by atoms with E-state index in [-0.39, 0.29) is 4.47 Å². The van der Waals surface area contributed by atoms with E-state index in [2.05, 4.69) is 27.5 Å². The zero-order chi connectivity index (χ0) is 12.5. The molecule has 0 spiro atoms. The lowest BCUT2D eigenvalue weighted by atomic mass is 10.1. The van der Waals surface area contributed by atoms with Crippen LogP contribution >= 0.6 is 27.5 Å². The van der Waals surface area contributed by atoms with E-state index < -0.39 is 35.1 Å². The minimum Gasteiger partial charge on any atom is -0.385 e. The number of halogens is 6. The molecular formula is C9H6BrClF4O. The van der Waals surface area contributed by atoms with Gasteiger partial charge < -0.3 is 5.11 Å². The number of hydrogen-bond donors (Lipinski definition) is 1. The molecule has 0 aromatic heterocycles. The van der Waals surface area contributed by atoms with Gasteiger partial charge >= 0.3 is 5.38 Å². The van der Waals surface area contributed by atoms with E-state index in [0.29, 0.717) is 0 Å². The second kappa shape index (κ2) is 4.89. The highest BCUT2D eigenvalue weighted by molar-refractivity contribution is 9.10. The molecule has 16 heavy (non-hydrogen) atoms. The third-order valence-corrected chi connectivity index (χ3v) is 2.78. The largest absolute Gasteiger partial charge is 0.385 e. The molecule has 1 N–H and O–H groups in total. The van der Waals surface area contributed by atoms with Gasteiger partial charge in [-0.25, -0.2) is 8.78 Å². The van der Waals surface area contributed by atoms with Crippen LogP contribution in [0.15, 0.2) is 16.6 Å². The summed E-state index contributed by atoms with van der Waals surface area (Å²) in [6, 6.07) is 2.00. The average molecular weight is 321 g/mol. The van der Waals surface area contributed by atoms with Crippen LogP contribution in [0.25, 0.3) is 0 Å². The number of hydrogen-bond acceptors (Lipinski definition) is 1. The van der Waals surface area contributed by atoms with Crippen molar-refractivity contribution in [3.63, 3.8) is 0 Å². The highest BCUT2D eigenvalue weighted by atomic mass is 79.9. The van der Waals surface area contributed by atoms with E-state index >= 15 is 0 Å². The molecule has 1 atom stereocenters. The van der Waals surface area contributed by atoms with Gasteiger partial charge in [-0.1, -0.05) is 0 Å². The van der Waals surface area contributed by atoms with Gasteiger partial charge in [-0.05, 0) is 39.7 Å². The van der Waals surface area contributed by atoms with Gasteiger partial charge in [0.05, 0.1) is 4.47 Å². The summed E-state index contributed by atoms with van der Waals surface area (Å²) in [6.07, 6.45) is -3.26. The Hall–Kier alpha value is -0.330. The van der Waals surface area contributed by atoms with E-state index in [4.69, 9.17) is 5.11 Å². The summed E-state index contributed by atoms with van der Waals surface area (Å²) >= 11 is 7.31. The van der Waals surface area contributed by atoms with Crippen LogP contribution in [0, 0.1) is 11.6 Å². The predicted octanol–water partition coefficient (Wildman–Crippen LogP) is 3.46. The van der Waals surface area contributed by atoms with Crippen LogP contribution in [0.5, 0.6) is 0 Å². The number of benzene rings is 1. The summed E-state index contributed by atoms with van der Waals surface area (Å²) in [5, 5.41) is 5.02. The molecule has 0 bridgehead atoms. The topological polar surface area (TPSA) is 20.2 Å². The lowest BCUT2D eigenvalue weighted by molar-refractivity contribution is -0.0404. The second-order valence-corrected chi connectivity index (χ2v) is 4.44. The first kappa shape index (κ1) is 13.7. The van der Waals surface area contributed by atoms with Gasteiger partial charge in [0, 0.05) is 12.0 Å². The van der Waals surface area contributed by atoms with E-state index in [0.717, 1.165) is 12.1 Å². The SMILES string of the molecule is OC(Cc1c(F)ccc(Br)c1F)C(F)(F)Cl. The molecule has 1 aromatic rings. The third kappa shape index (κ3) is 3.09. The molecule has 0 saturated heterocycles. The Bertz CT molecular complexity index is 394. The van der Waals surface area contributed by atoms with Gasteiger partial charge in [-0.2, -0.15) is 8.78 Å². The normalized spacial score (nSPS) is 13.9. The Balaban J connectivity index is 3.02. The van der Waals surface area contributed by atoms with Crippen molar-refractivity contribution in [2.24, 2.45) is 0 Å². The first-order valence-corrected chi connectivity index (χ1v) is 5.27. The van der Waals surface area contributed by atoms with E-state index in [1.807, 2.05) is 0 Å². The molecule has 0 aliphatic rings. The van der Waals surface area contributed by atoms with Crippen LogP contribution in [-0.2, 0) is 6.42 Å². The van der Waals surface area contributed by atoms with Gasteiger partial charge in [0.15, 0.2) is 0 Å². The number of aliphatic hydroxyl groups is 1. The van der Waals surface area contributed by atoms with Crippen LogP contribution in [0.4, 0.5) is 17.6 Å². The van der Waals surface area contributed by atoms with Gasteiger partial charge in [0.25, 0.3) is 0 Å². The maximum absolute atomic E-state index is 13.3. The first-order chi connectivity index (χ1) is 7.23. The Morgan fingerprint density at radius 2 is 1.94 bits per heavy atom. The molecule has 1 unspecified atom stereocenters.